The van der Waals surface area contributed by atoms with Gasteiger partial charge in [-0.25, -0.2) is 0 Å². The largest absolute Gasteiger partial charge is 0.369 e. The van der Waals surface area contributed by atoms with Crippen molar-refractivity contribution in [3.63, 3.8) is 0 Å². The van der Waals surface area contributed by atoms with E-state index in [0.717, 1.165) is 30.8 Å². The van der Waals surface area contributed by atoms with Gasteiger partial charge in [-0.3, -0.25) is 14.6 Å². The molecule has 1 atom stereocenters. The van der Waals surface area contributed by atoms with Crippen LogP contribution >= 0.6 is 23.2 Å². The molecule has 1 aromatic heterocycles. The first kappa shape index (κ1) is 26.6. The maximum Gasteiger partial charge on any atom is 0.255 e. The van der Waals surface area contributed by atoms with E-state index >= 15 is 0 Å². The molecule has 0 unspecified atom stereocenters. The molecule has 5 rings (SSSR count). The van der Waals surface area contributed by atoms with Gasteiger partial charge in [0.15, 0.2) is 0 Å². The standard InChI is InChI=1S/C29H30Cl2N4O3/c30-24-7-6-23(18-25(24)31)29(19-35(20-38-29)26(36)21-8-13-33-14-9-21)12-17-34-15-10-28(11-16-34,27(32)37)22-4-2-1-3-5-22/h1-9,13-14,18H,10-12,15-17,19-20H2,(H2,32,37)/t29-/m0/s1. The van der Waals surface area contributed by atoms with Crippen molar-refractivity contribution in [3.8, 4) is 0 Å². The van der Waals surface area contributed by atoms with Crippen molar-refractivity contribution in [2.45, 2.75) is 30.3 Å². The molecule has 0 radical (unpaired) electrons. The first-order chi connectivity index (χ1) is 18.3. The van der Waals surface area contributed by atoms with E-state index in [4.69, 9.17) is 33.7 Å². The van der Waals surface area contributed by atoms with Gasteiger partial charge < -0.3 is 20.3 Å². The molecular weight excluding hydrogens is 523 g/mol. The summed E-state index contributed by atoms with van der Waals surface area (Å²) in [5.41, 5.74) is 6.95. The number of benzene rings is 2. The zero-order valence-electron chi connectivity index (χ0n) is 21.0. The zero-order valence-corrected chi connectivity index (χ0v) is 22.5. The Morgan fingerprint density at radius 3 is 2.32 bits per heavy atom. The number of carbonyl (C=O) groups excluding carboxylic acids is 2. The average Bonchev–Trinajstić information content (AvgIpc) is 3.40. The van der Waals surface area contributed by atoms with Crippen LogP contribution in [0.4, 0.5) is 0 Å². The van der Waals surface area contributed by atoms with E-state index in [-0.39, 0.29) is 18.5 Å². The number of primary amides is 1. The van der Waals surface area contributed by atoms with Crippen LogP contribution in [0.25, 0.3) is 0 Å². The number of hydrogen-bond donors (Lipinski definition) is 1. The number of nitrogens with zero attached hydrogens (tertiary/aromatic N) is 3. The van der Waals surface area contributed by atoms with Crippen molar-refractivity contribution in [1.82, 2.24) is 14.8 Å². The number of pyridine rings is 1. The van der Waals surface area contributed by atoms with Gasteiger partial charge >= 0.3 is 0 Å². The highest BCUT2D eigenvalue weighted by atomic mass is 35.5. The topological polar surface area (TPSA) is 88.8 Å². The highest BCUT2D eigenvalue weighted by Gasteiger charge is 2.45. The number of halogens is 2. The summed E-state index contributed by atoms with van der Waals surface area (Å²) < 4.78 is 6.40. The van der Waals surface area contributed by atoms with E-state index in [1.54, 1.807) is 35.5 Å². The third kappa shape index (κ3) is 5.16. The van der Waals surface area contributed by atoms with Gasteiger partial charge in [0, 0.05) is 24.5 Å². The molecule has 2 aromatic carbocycles. The van der Waals surface area contributed by atoms with E-state index in [1.165, 1.54) is 0 Å². The van der Waals surface area contributed by atoms with Crippen LogP contribution in [0.3, 0.4) is 0 Å². The predicted molar refractivity (Wildman–Crippen MR) is 147 cm³/mol. The van der Waals surface area contributed by atoms with E-state index in [0.29, 0.717) is 41.4 Å². The lowest BCUT2D eigenvalue weighted by molar-refractivity contribution is -0.125. The number of amides is 2. The Hall–Kier alpha value is -2.97. The molecular formula is C29H30Cl2N4O3. The fourth-order valence-electron chi connectivity index (χ4n) is 5.59. The summed E-state index contributed by atoms with van der Waals surface area (Å²) in [5.74, 6) is -0.388. The molecule has 198 valence electrons. The Labute approximate surface area is 232 Å². The first-order valence-corrected chi connectivity index (χ1v) is 13.5. The highest BCUT2D eigenvalue weighted by molar-refractivity contribution is 6.42. The van der Waals surface area contributed by atoms with E-state index in [9.17, 15) is 9.59 Å². The SMILES string of the molecule is NC(=O)C1(c2ccccc2)CCN(CC[C@@]2(c3ccc(Cl)c(Cl)c3)CN(C(=O)c3ccncc3)CO2)CC1. The van der Waals surface area contributed by atoms with E-state index < -0.39 is 11.0 Å². The van der Waals surface area contributed by atoms with Gasteiger partial charge in [0.05, 0.1) is 22.0 Å². The van der Waals surface area contributed by atoms with Crippen LogP contribution in [-0.4, -0.2) is 59.5 Å². The van der Waals surface area contributed by atoms with Gasteiger partial charge in [0.1, 0.15) is 12.3 Å². The van der Waals surface area contributed by atoms with Crippen molar-refractivity contribution in [1.29, 1.82) is 0 Å². The molecule has 0 spiro atoms. The number of ether oxygens (including phenoxy) is 1. The van der Waals surface area contributed by atoms with Crippen LogP contribution in [0.2, 0.25) is 10.0 Å². The normalized spacial score (nSPS) is 21.4. The lowest BCUT2D eigenvalue weighted by Crippen LogP contribution is -2.50. The number of hydrogen-bond acceptors (Lipinski definition) is 5. The highest BCUT2D eigenvalue weighted by Crippen LogP contribution is 2.40. The molecule has 0 bridgehead atoms. The summed E-state index contributed by atoms with van der Waals surface area (Å²) in [7, 11) is 0. The summed E-state index contributed by atoms with van der Waals surface area (Å²) in [6.45, 7) is 2.74. The Morgan fingerprint density at radius 2 is 1.66 bits per heavy atom. The van der Waals surface area contributed by atoms with Crippen LogP contribution in [0.1, 0.15) is 40.7 Å². The fraction of sp³-hybridized carbons (Fsp3) is 0.345. The first-order valence-electron chi connectivity index (χ1n) is 12.7. The molecule has 2 N–H and O–H groups in total. The number of rotatable bonds is 7. The summed E-state index contributed by atoms with van der Waals surface area (Å²) in [6.07, 6.45) is 5.15. The second-order valence-electron chi connectivity index (χ2n) is 10.0. The summed E-state index contributed by atoms with van der Waals surface area (Å²) in [5, 5.41) is 0.908. The summed E-state index contributed by atoms with van der Waals surface area (Å²) in [6, 6.07) is 18.7. The fourth-order valence-corrected chi connectivity index (χ4v) is 5.89. The van der Waals surface area contributed by atoms with Crippen LogP contribution in [-0.2, 0) is 20.5 Å². The molecule has 2 aliphatic heterocycles. The Morgan fingerprint density at radius 1 is 0.947 bits per heavy atom. The van der Waals surface area contributed by atoms with E-state index in [2.05, 4.69) is 9.88 Å². The van der Waals surface area contributed by atoms with Crippen molar-refractivity contribution >= 4 is 35.0 Å². The van der Waals surface area contributed by atoms with Crippen LogP contribution in [0.15, 0.2) is 73.1 Å². The molecule has 2 fully saturated rings. The van der Waals surface area contributed by atoms with Crippen molar-refractivity contribution in [3.05, 3.63) is 99.8 Å². The molecule has 3 heterocycles. The number of piperidine rings is 1. The second kappa shape index (κ2) is 11.0. The maximum atomic E-state index is 13.2. The molecule has 7 nitrogen and oxygen atoms in total. The number of aromatic nitrogens is 1. The molecule has 3 aromatic rings. The lowest BCUT2D eigenvalue weighted by atomic mass is 9.72. The molecule has 2 aliphatic rings. The minimum absolute atomic E-state index is 0.110. The zero-order chi connectivity index (χ0) is 26.8. The minimum Gasteiger partial charge on any atom is -0.369 e. The Balaban J connectivity index is 1.33. The quantitative estimate of drug-likeness (QED) is 0.461. The van der Waals surface area contributed by atoms with Crippen LogP contribution in [0.5, 0.6) is 0 Å². The minimum atomic E-state index is -0.741. The summed E-state index contributed by atoms with van der Waals surface area (Å²) >= 11 is 12.6. The van der Waals surface area contributed by atoms with Gasteiger partial charge in [0.2, 0.25) is 5.91 Å². The third-order valence-corrected chi connectivity index (χ3v) is 8.68. The Kier molecular flexibility index (Phi) is 7.73. The van der Waals surface area contributed by atoms with Gasteiger partial charge in [0.25, 0.3) is 5.91 Å². The number of carbonyl (C=O) groups is 2. The predicted octanol–water partition coefficient (Wildman–Crippen LogP) is 4.62. The lowest BCUT2D eigenvalue weighted by Gasteiger charge is -2.41. The average molecular weight is 553 g/mol. The van der Waals surface area contributed by atoms with Gasteiger partial charge in [-0.15, -0.1) is 0 Å². The maximum absolute atomic E-state index is 13.2. The summed E-state index contributed by atoms with van der Waals surface area (Å²) in [4.78, 5) is 33.8. The van der Waals surface area contributed by atoms with Crippen molar-refractivity contribution in [2.75, 3.05) is 32.9 Å². The smallest absolute Gasteiger partial charge is 0.255 e. The van der Waals surface area contributed by atoms with Gasteiger partial charge in [-0.1, -0.05) is 59.6 Å². The third-order valence-electron chi connectivity index (χ3n) is 7.94. The number of likely N-dealkylation sites (tertiary alicyclic amines) is 1. The molecule has 2 saturated heterocycles. The molecule has 38 heavy (non-hydrogen) atoms. The van der Waals surface area contributed by atoms with Crippen LogP contribution in [0, 0.1) is 0 Å². The van der Waals surface area contributed by atoms with E-state index in [1.807, 2.05) is 42.5 Å². The van der Waals surface area contributed by atoms with Crippen molar-refractivity contribution in [2.24, 2.45) is 5.73 Å². The molecule has 0 saturated carbocycles. The Bertz CT molecular complexity index is 1300. The molecule has 9 heteroatoms. The van der Waals surface area contributed by atoms with Gasteiger partial charge in [-0.05, 0) is 67.7 Å². The van der Waals surface area contributed by atoms with Crippen LogP contribution < -0.4 is 5.73 Å². The van der Waals surface area contributed by atoms with Gasteiger partial charge in [-0.2, -0.15) is 0 Å². The van der Waals surface area contributed by atoms with Crippen molar-refractivity contribution < 1.29 is 14.3 Å². The monoisotopic (exact) mass is 552 g/mol. The molecule has 2 amide bonds. The number of nitrogens with two attached hydrogens (primary N) is 1. The second-order valence-corrected chi connectivity index (χ2v) is 10.9. The molecule has 0 aliphatic carbocycles.